The minimum absolute atomic E-state index is 0.00837. The number of nitrogens with zero attached hydrogens (tertiary/aromatic N) is 4. The van der Waals surface area contributed by atoms with Gasteiger partial charge in [-0.25, -0.2) is 18.4 Å². The molecule has 0 N–H and O–H groups in total. The summed E-state index contributed by atoms with van der Waals surface area (Å²) >= 11 is 0. The first-order valence-electron chi connectivity index (χ1n) is 11.8. The lowest BCUT2D eigenvalue weighted by molar-refractivity contribution is -0.144. The van der Waals surface area contributed by atoms with Crippen LogP contribution in [0, 0.1) is 0 Å². The Kier molecular flexibility index (Phi) is 7.17. The summed E-state index contributed by atoms with van der Waals surface area (Å²) in [6.07, 6.45) is -4.80. The van der Waals surface area contributed by atoms with Crippen molar-refractivity contribution < 1.29 is 31.1 Å². The molecule has 2 aliphatic rings. The van der Waals surface area contributed by atoms with Gasteiger partial charge < -0.3 is 14.4 Å². The van der Waals surface area contributed by atoms with Crippen molar-refractivity contribution in [2.75, 3.05) is 57.5 Å². The molecular formula is C25H25F3N4O4S. The topological polar surface area (TPSA) is 84.9 Å². The number of anilines is 1. The fourth-order valence-corrected chi connectivity index (χ4v) is 5.85. The average molecular weight is 535 g/mol. The van der Waals surface area contributed by atoms with E-state index in [1.54, 1.807) is 41.3 Å². The van der Waals surface area contributed by atoms with Gasteiger partial charge in [-0.2, -0.15) is 17.5 Å². The highest BCUT2D eigenvalue weighted by molar-refractivity contribution is 7.89. The predicted molar refractivity (Wildman–Crippen MR) is 131 cm³/mol. The van der Waals surface area contributed by atoms with Gasteiger partial charge in [-0.15, -0.1) is 0 Å². The van der Waals surface area contributed by atoms with Gasteiger partial charge in [-0.1, -0.05) is 42.5 Å². The van der Waals surface area contributed by atoms with Crippen LogP contribution in [0.4, 0.5) is 19.0 Å². The Bertz CT molecular complexity index is 1360. The van der Waals surface area contributed by atoms with Crippen LogP contribution >= 0.6 is 0 Å². The summed E-state index contributed by atoms with van der Waals surface area (Å²) in [6, 6.07) is 14.8. The Morgan fingerprint density at radius 1 is 0.784 bits per heavy atom. The molecule has 2 aliphatic heterocycles. The maximum absolute atomic E-state index is 14.0. The molecule has 12 heteroatoms. The average Bonchev–Trinajstić information content (AvgIpc) is 2.93. The third-order valence-electron chi connectivity index (χ3n) is 6.23. The number of ether oxygens (including phenoxy) is 2. The van der Waals surface area contributed by atoms with E-state index in [-0.39, 0.29) is 48.3 Å². The van der Waals surface area contributed by atoms with Gasteiger partial charge in [-0.3, -0.25) is 0 Å². The maximum Gasteiger partial charge on any atom is 0.451 e. The summed E-state index contributed by atoms with van der Waals surface area (Å²) in [5.74, 6) is -1.15. The van der Waals surface area contributed by atoms with E-state index < -0.39 is 22.0 Å². The lowest BCUT2D eigenvalue weighted by Gasteiger charge is -2.31. The third-order valence-corrected chi connectivity index (χ3v) is 8.13. The molecule has 2 saturated heterocycles. The molecule has 0 bridgehead atoms. The molecule has 0 saturated carbocycles. The fourth-order valence-electron chi connectivity index (χ4n) is 4.40. The molecule has 3 heterocycles. The highest BCUT2D eigenvalue weighted by atomic mass is 32.2. The Hall–Kier alpha value is -3.06. The van der Waals surface area contributed by atoms with E-state index in [0.717, 1.165) is 0 Å². The largest absolute Gasteiger partial charge is 0.451 e. The summed E-state index contributed by atoms with van der Waals surface area (Å²) < 4.78 is 80.6. The van der Waals surface area contributed by atoms with Crippen LogP contribution in [0.15, 0.2) is 59.5 Å². The molecular weight excluding hydrogens is 509 g/mol. The number of sulfonamides is 1. The van der Waals surface area contributed by atoms with Gasteiger partial charge in [0.15, 0.2) is 0 Å². The van der Waals surface area contributed by atoms with E-state index in [2.05, 4.69) is 9.97 Å². The van der Waals surface area contributed by atoms with E-state index in [1.807, 2.05) is 0 Å². The van der Waals surface area contributed by atoms with Crippen LogP contribution in [0.25, 0.3) is 22.4 Å². The molecule has 5 rings (SSSR count). The van der Waals surface area contributed by atoms with Crippen molar-refractivity contribution in [3.05, 3.63) is 60.4 Å². The van der Waals surface area contributed by atoms with Crippen molar-refractivity contribution in [1.29, 1.82) is 0 Å². The SMILES string of the molecule is O=S(=O)(c1cccc(-c2nc(C(F)(F)F)nc(N3CCOCC3)c2-c2ccccc2)c1)N1CCOCC1. The molecule has 1 aromatic heterocycles. The smallest absolute Gasteiger partial charge is 0.379 e. The van der Waals surface area contributed by atoms with Crippen molar-refractivity contribution in [2.45, 2.75) is 11.1 Å². The standard InChI is InChI=1S/C25H25F3N4O4S/c26-25(27,28)24-29-22(19-7-4-8-20(17-19)37(33,34)32-11-15-36-16-12-32)21(18-5-2-1-3-6-18)23(30-24)31-9-13-35-14-10-31/h1-8,17H,9-16H2. The lowest BCUT2D eigenvalue weighted by atomic mass is 9.98. The second-order valence-electron chi connectivity index (χ2n) is 8.60. The van der Waals surface area contributed by atoms with Gasteiger partial charge in [0.05, 0.1) is 42.6 Å². The molecule has 0 atom stereocenters. The van der Waals surface area contributed by atoms with Gasteiger partial charge in [-0.05, 0) is 17.7 Å². The number of rotatable bonds is 5. The van der Waals surface area contributed by atoms with Gasteiger partial charge in [0.1, 0.15) is 5.82 Å². The summed E-state index contributed by atoms with van der Waals surface area (Å²) in [5.41, 5.74) is 1.27. The number of hydrogen-bond acceptors (Lipinski definition) is 7. The summed E-state index contributed by atoms with van der Waals surface area (Å²) in [6.45, 7) is 2.38. The Morgan fingerprint density at radius 3 is 2.05 bits per heavy atom. The van der Waals surface area contributed by atoms with Crippen molar-refractivity contribution in [3.8, 4) is 22.4 Å². The van der Waals surface area contributed by atoms with Crippen molar-refractivity contribution in [1.82, 2.24) is 14.3 Å². The highest BCUT2D eigenvalue weighted by Crippen LogP contribution is 2.41. The molecule has 37 heavy (non-hydrogen) atoms. The van der Waals surface area contributed by atoms with Gasteiger partial charge in [0, 0.05) is 31.7 Å². The van der Waals surface area contributed by atoms with Crippen molar-refractivity contribution in [3.63, 3.8) is 0 Å². The zero-order valence-electron chi connectivity index (χ0n) is 19.8. The summed E-state index contributed by atoms with van der Waals surface area (Å²) in [4.78, 5) is 9.66. The van der Waals surface area contributed by atoms with E-state index in [9.17, 15) is 21.6 Å². The third kappa shape index (κ3) is 5.33. The van der Waals surface area contributed by atoms with Crippen LogP contribution < -0.4 is 4.90 Å². The number of aromatic nitrogens is 2. The molecule has 196 valence electrons. The molecule has 0 spiro atoms. The Morgan fingerprint density at radius 2 is 1.41 bits per heavy atom. The van der Waals surface area contributed by atoms with Crippen molar-refractivity contribution >= 4 is 15.8 Å². The van der Waals surface area contributed by atoms with Crippen LogP contribution in [0.2, 0.25) is 0 Å². The molecule has 2 fully saturated rings. The lowest BCUT2D eigenvalue weighted by Crippen LogP contribution is -2.40. The van der Waals surface area contributed by atoms with E-state index in [0.29, 0.717) is 37.4 Å². The van der Waals surface area contributed by atoms with E-state index in [1.165, 1.54) is 22.5 Å². The van der Waals surface area contributed by atoms with Gasteiger partial charge in [0.2, 0.25) is 15.8 Å². The molecule has 3 aromatic rings. The van der Waals surface area contributed by atoms with Crippen LogP contribution in [0.3, 0.4) is 0 Å². The van der Waals surface area contributed by atoms with Gasteiger partial charge in [0.25, 0.3) is 0 Å². The number of alkyl halides is 3. The molecule has 2 aromatic carbocycles. The number of benzene rings is 2. The molecule has 0 radical (unpaired) electrons. The van der Waals surface area contributed by atoms with Gasteiger partial charge >= 0.3 is 6.18 Å². The van der Waals surface area contributed by atoms with E-state index >= 15 is 0 Å². The van der Waals surface area contributed by atoms with Crippen LogP contribution in [-0.4, -0.2) is 75.3 Å². The van der Waals surface area contributed by atoms with Crippen LogP contribution in [0.1, 0.15) is 5.82 Å². The molecule has 0 unspecified atom stereocenters. The molecule has 0 amide bonds. The minimum atomic E-state index is -4.80. The minimum Gasteiger partial charge on any atom is -0.379 e. The van der Waals surface area contributed by atoms with Crippen molar-refractivity contribution in [2.24, 2.45) is 0 Å². The highest BCUT2D eigenvalue weighted by Gasteiger charge is 2.38. The number of halogens is 3. The zero-order chi connectivity index (χ0) is 26.0. The second-order valence-corrected chi connectivity index (χ2v) is 10.5. The second kappa shape index (κ2) is 10.4. The van der Waals surface area contributed by atoms with Crippen LogP contribution in [0.5, 0.6) is 0 Å². The fraction of sp³-hybridized carbons (Fsp3) is 0.360. The first-order valence-corrected chi connectivity index (χ1v) is 13.2. The Balaban J connectivity index is 1.72. The van der Waals surface area contributed by atoms with E-state index in [4.69, 9.17) is 9.47 Å². The monoisotopic (exact) mass is 534 g/mol. The predicted octanol–water partition coefficient (Wildman–Crippen LogP) is 3.69. The normalized spacial score (nSPS) is 17.6. The zero-order valence-corrected chi connectivity index (χ0v) is 20.6. The van der Waals surface area contributed by atoms with Crippen LogP contribution in [-0.2, 0) is 25.7 Å². The first-order chi connectivity index (χ1) is 17.7. The number of hydrogen-bond donors (Lipinski definition) is 0. The quantitative estimate of drug-likeness (QED) is 0.494. The molecule has 8 nitrogen and oxygen atoms in total. The maximum atomic E-state index is 14.0. The number of morpholine rings is 2. The summed E-state index contributed by atoms with van der Waals surface area (Å²) in [5, 5.41) is 0. The summed E-state index contributed by atoms with van der Waals surface area (Å²) in [7, 11) is -3.88. The Labute approximate surface area is 212 Å². The molecule has 0 aliphatic carbocycles. The first kappa shape index (κ1) is 25.6.